The Morgan fingerprint density at radius 3 is 2.87 bits per heavy atom. The number of thiophene rings is 1. The van der Waals surface area contributed by atoms with Gasteiger partial charge in [-0.3, -0.25) is 4.79 Å². The van der Waals surface area contributed by atoms with Gasteiger partial charge in [0.1, 0.15) is 0 Å². The molecule has 0 unspecified atom stereocenters. The Labute approximate surface area is 93.6 Å². The number of hydrogen-bond acceptors (Lipinski definition) is 4. The lowest BCUT2D eigenvalue weighted by molar-refractivity contribution is -0.121. The molecule has 0 saturated carbocycles. The number of hydrogen-bond donors (Lipinski definition) is 1. The van der Waals surface area contributed by atoms with Crippen molar-refractivity contribution in [3.63, 3.8) is 0 Å². The van der Waals surface area contributed by atoms with Gasteiger partial charge in [-0.2, -0.15) is 5.10 Å². The summed E-state index contributed by atoms with van der Waals surface area (Å²) in [6.07, 6.45) is 1.66. The Morgan fingerprint density at radius 1 is 1.60 bits per heavy atom. The average molecular weight is 225 g/mol. The predicted molar refractivity (Wildman–Crippen MR) is 63.3 cm³/mol. The molecule has 1 aromatic heterocycles. The fourth-order valence-electron chi connectivity index (χ4n) is 1.01. The first-order valence-electron chi connectivity index (χ1n) is 4.61. The van der Waals surface area contributed by atoms with Crippen molar-refractivity contribution in [3.05, 3.63) is 21.9 Å². The summed E-state index contributed by atoms with van der Waals surface area (Å²) in [6, 6.07) is 4.00. The summed E-state index contributed by atoms with van der Waals surface area (Å²) >= 11 is 1.64. The highest BCUT2D eigenvalue weighted by Crippen LogP contribution is 2.12. The van der Waals surface area contributed by atoms with E-state index in [4.69, 9.17) is 0 Å². The van der Waals surface area contributed by atoms with Crippen LogP contribution < -0.4 is 5.43 Å². The van der Waals surface area contributed by atoms with Gasteiger partial charge in [0.05, 0.1) is 12.8 Å². The minimum Gasteiger partial charge on any atom is -0.301 e. The van der Waals surface area contributed by atoms with Crippen LogP contribution in [-0.4, -0.2) is 37.7 Å². The van der Waals surface area contributed by atoms with E-state index in [2.05, 4.69) is 10.5 Å². The smallest absolute Gasteiger partial charge is 0.254 e. The monoisotopic (exact) mass is 225 g/mol. The number of hydrazone groups is 1. The molecule has 1 heterocycles. The highest BCUT2D eigenvalue weighted by atomic mass is 32.1. The van der Waals surface area contributed by atoms with Crippen LogP contribution in [0.4, 0.5) is 0 Å². The predicted octanol–water partition coefficient (Wildman–Crippen LogP) is 1.07. The number of amides is 1. The van der Waals surface area contributed by atoms with Gasteiger partial charge < -0.3 is 4.90 Å². The summed E-state index contributed by atoms with van der Waals surface area (Å²) in [5, 5.41) is 3.87. The minimum atomic E-state index is -0.107. The van der Waals surface area contributed by atoms with Crippen molar-refractivity contribution in [1.82, 2.24) is 10.3 Å². The molecular weight excluding hydrogens is 210 g/mol. The van der Waals surface area contributed by atoms with Gasteiger partial charge in [-0.25, -0.2) is 5.43 Å². The van der Waals surface area contributed by atoms with E-state index in [0.29, 0.717) is 6.54 Å². The zero-order valence-corrected chi connectivity index (χ0v) is 9.97. The normalized spacial score (nSPS) is 11.2. The van der Waals surface area contributed by atoms with Crippen molar-refractivity contribution in [2.24, 2.45) is 5.10 Å². The van der Waals surface area contributed by atoms with Crippen LogP contribution in [0.15, 0.2) is 17.2 Å². The molecule has 1 aromatic rings. The van der Waals surface area contributed by atoms with E-state index in [1.165, 1.54) is 4.88 Å². The number of likely N-dealkylation sites (N-methyl/N-ethyl adjacent to an activating group) is 1. The highest BCUT2D eigenvalue weighted by Gasteiger charge is 1.99. The summed E-state index contributed by atoms with van der Waals surface area (Å²) < 4.78 is 0. The third kappa shape index (κ3) is 4.71. The van der Waals surface area contributed by atoms with Gasteiger partial charge >= 0.3 is 0 Å². The molecule has 5 heteroatoms. The molecule has 0 atom stereocenters. The fourth-order valence-corrected chi connectivity index (χ4v) is 1.76. The number of carbonyl (C=O) groups is 1. The van der Waals surface area contributed by atoms with E-state index >= 15 is 0 Å². The van der Waals surface area contributed by atoms with Crippen LogP contribution in [0.25, 0.3) is 0 Å². The van der Waals surface area contributed by atoms with Crippen molar-refractivity contribution < 1.29 is 4.79 Å². The van der Waals surface area contributed by atoms with Crippen molar-refractivity contribution in [1.29, 1.82) is 0 Å². The van der Waals surface area contributed by atoms with Gasteiger partial charge in [0.2, 0.25) is 0 Å². The SMILES string of the molecule is Cc1ccc(C=NNC(=O)CN(C)C)s1. The highest BCUT2D eigenvalue weighted by molar-refractivity contribution is 7.13. The van der Waals surface area contributed by atoms with E-state index in [1.807, 2.05) is 33.2 Å². The molecule has 0 fully saturated rings. The summed E-state index contributed by atoms with van der Waals surface area (Å²) in [5.41, 5.74) is 2.47. The Morgan fingerprint density at radius 2 is 2.33 bits per heavy atom. The van der Waals surface area contributed by atoms with E-state index in [-0.39, 0.29) is 5.91 Å². The number of nitrogens with one attached hydrogen (secondary N) is 1. The maximum absolute atomic E-state index is 11.2. The van der Waals surface area contributed by atoms with Gasteiger partial charge in [0, 0.05) is 9.75 Å². The quantitative estimate of drug-likeness (QED) is 0.615. The molecule has 0 aliphatic heterocycles. The Kier molecular flexibility index (Phi) is 4.45. The zero-order valence-electron chi connectivity index (χ0n) is 9.15. The van der Waals surface area contributed by atoms with Crippen LogP contribution in [0, 0.1) is 6.92 Å². The standard InChI is InChI=1S/C10H15N3OS/c1-8-4-5-9(15-8)6-11-12-10(14)7-13(2)3/h4-6H,7H2,1-3H3,(H,12,14). The van der Waals surface area contributed by atoms with E-state index in [9.17, 15) is 4.79 Å². The fraction of sp³-hybridized carbons (Fsp3) is 0.400. The molecule has 0 saturated heterocycles. The Balaban J connectivity index is 2.36. The summed E-state index contributed by atoms with van der Waals surface area (Å²) in [6.45, 7) is 2.38. The molecule has 0 radical (unpaired) electrons. The number of carbonyl (C=O) groups excluding carboxylic acids is 1. The minimum absolute atomic E-state index is 0.107. The Bertz CT molecular complexity index is 357. The maximum Gasteiger partial charge on any atom is 0.254 e. The second kappa shape index (κ2) is 5.63. The Hall–Kier alpha value is -1.20. The maximum atomic E-state index is 11.2. The average Bonchev–Trinajstić information content (AvgIpc) is 2.50. The van der Waals surface area contributed by atoms with Gasteiger partial charge in [-0.05, 0) is 33.2 Å². The van der Waals surface area contributed by atoms with Crippen LogP contribution in [0.5, 0.6) is 0 Å². The number of rotatable bonds is 4. The summed E-state index contributed by atoms with van der Waals surface area (Å²) in [5.74, 6) is -0.107. The molecule has 0 aliphatic rings. The van der Waals surface area contributed by atoms with Crippen molar-refractivity contribution in [2.45, 2.75) is 6.92 Å². The first kappa shape index (κ1) is 11.9. The first-order chi connectivity index (χ1) is 7.08. The molecule has 0 aromatic carbocycles. The third-order valence-corrected chi connectivity index (χ3v) is 2.54. The molecule has 1 amide bonds. The molecule has 82 valence electrons. The molecule has 1 N–H and O–H groups in total. The lowest BCUT2D eigenvalue weighted by atomic mass is 10.4. The van der Waals surface area contributed by atoms with Gasteiger partial charge in [0.25, 0.3) is 5.91 Å². The van der Waals surface area contributed by atoms with E-state index in [1.54, 1.807) is 22.5 Å². The van der Waals surface area contributed by atoms with Crippen LogP contribution in [0.1, 0.15) is 9.75 Å². The molecule has 0 aliphatic carbocycles. The van der Waals surface area contributed by atoms with Crippen LogP contribution in [0.3, 0.4) is 0 Å². The van der Waals surface area contributed by atoms with Crippen LogP contribution >= 0.6 is 11.3 Å². The van der Waals surface area contributed by atoms with Crippen molar-refractivity contribution in [2.75, 3.05) is 20.6 Å². The number of aryl methyl sites for hydroxylation is 1. The first-order valence-corrected chi connectivity index (χ1v) is 5.42. The lowest BCUT2D eigenvalue weighted by Crippen LogP contribution is -2.30. The van der Waals surface area contributed by atoms with Crippen molar-refractivity contribution in [3.8, 4) is 0 Å². The summed E-state index contributed by atoms with van der Waals surface area (Å²) in [7, 11) is 3.68. The van der Waals surface area contributed by atoms with Gasteiger partial charge in [-0.1, -0.05) is 0 Å². The molecule has 4 nitrogen and oxygen atoms in total. The molecular formula is C10H15N3OS. The van der Waals surface area contributed by atoms with Crippen LogP contribution in [-0.2, 0) is 4.79 Å². The van der Waals surface area contributed by atoms with E-state index < -0.39 is 0 Å². The van der Waals surface area contributed by atoms with E-state index in [0.717, 1.165) is 4.88 Å². The second-order valence-corrected chi connectivity index (χ2v) is 4.80. The van der Waals surface area contributed by atoms with Gasteiger partial charge in [0.15, 0.2) is 0 Å². The largest absolute Gasteiger partial charge is 0.301 e. The third-order valence-electron chi connectivity index (χ3n) is 1.60. The van der Waals surface area contributed by atoms with Crippen LogP contribution in [0.2, 0.25) is 0 Å². The van der Waals surface area contributed by atoms with Gasteiger partial charge in [-0.15, -0.1) is 11.3 Å². The number of nitrogens with zero attached hydrogens (tertiary/aromatic N) is 2. The second-order valence-electron chi connectivity index (χ2n) is 3.48. The topological polar surface area (TPSA) is 44.7 Å². The molecule has 1 rings (SSSR count). The molecule has 0 bridgehead atoms. The van der Waals surface area contributed by atoms with Crippen molar-refractivity contribution >= 4 is 23.5 Å². The molecule has 0 spiro atoms. The molecule has 15 heavy (non-hydrogen) atoms. The lowest BCUT2D eigenvalue weighted by Gasteiger charge is -2.06. The summed E-state index contributed by atoms with van der Waals surface area (Å²) in [4.78, 5) is 15.2. The zero-order chi connectivity index (χ0) is 11.3.